The summed E-state index contributed by atoms with van der Waals surface area (Å²) in [7, 11) is -2.49. The van der Waals surface area contributed by atoms with Crippen molar-refractivity contribution in [1.82, 2.24) is 5.32 Å². The summed E-state index contributed by atoms with van der Waals surface area (Å²) in [5, 5.41) is 3.03. The highest BCUT2D eigenvalue weighted by Crippen LogP contribution is 2.30. The van der Waals surface area contributed by atoms with Gasteiger partial charge in [0.05, 0.1) is 17.7 Å². The number of sulfonamides is 1. The van der Waals surface area contributed by atoms with Gasteiger partial charge in [-0.25, -0.2) is 8.42 Å². The van der Waals surface area contributed by atoms with Crippen molar-refractivity contribution in [3.8, 4) is 5.75 Å². The normalized spacial score (nSPS) is 11.0. The van der Waals surface area contributed by atoms with Gasteiger partial charge in [0.25, 0.3) is 15.9 Å². The zero-order chi connectivity index (χ0) is 18.6. The van der Waals surface area contributed by atoms with Crippen LogP contribution in [0.25, 0.3) is 0 Å². The Morgan fingerprint density at radius 1 is 1.20 bits per heavy atom. The van der Waals surface area contributed by atoms with Gasteiger partial charge in [0.15, 0.2) is 0 Å². The molecule has 0 saturated heterocycles. The van der Waals surface area contributed by atoms with Crippen molar-refractivity contribution in [1.29, 1.82) is 0 Å². The number of hydrogen-bond donors (Lipinski definition) is 2. The van der Waals surface area contributed by atoms with Gasteiger partial charge >= 0.3 is 0 Å². The van der Waals surface area contributed by atoms with E-state index in [9.17, 15) is 13.2 Å². The summed E-state index contributed by atoms with van der Waals surface area (Å²) < 4.78 is 33.0. The van der Waals surface area contributed by atoms with Gasteiger partial charge < -0.3 is 10.1 Å². The fourth-order valence-corrected chi connectivity index (χ4v) is 3.49. The van der Waals surface area contributed by atoms with Gasteiger partial charge in [0, 0.05) is 17.1 Å². The van der Waals surface area contributed by atoms with Gasteiger partial charge in [0.1, 0.15) is 5.75 Å². The van der Waals surface area contributed by atoms with Crippen LogP contribution >= 0.6 is 11.6 Å². The third kappa shape index (κ3) is 4.43. The summed E-state index contributed by atoms with van der Waals surface area (Å²) in [6.45, 7) is 3.99. The average Bonchev–Trinajstić information content (AvgIpc) is 2.55. The van der Waals surface area contributed by atoms with E-state index >= 15 is 0 Å². The number of carbonyl (C=O) groups is 1. The Kier molecular flexibility index (Phi) is 5.92. The van der Waals surface area contributed by atoms with Crippen molar-refractivity contribution in [2.75, 3.05) is 18.4 Å². The number of aryl methyl sites for hydroxylation is 1. The van der Waals surface area contributed by atoms with Crippen molar-refractivity contribution in [2.24, 2.45) is 0 Å². The first-order chi connectivity index (χ1) is 11.8. The molecule has 0 spiro atoms. The summed E-state index contributed by atoms with van der Waals surface area (Å²) in [5.41, 5.74) is 1.21. The minimum atomic E-state index is -3.92. The van der Waals surface area contributed by atoms with E-state index in [0.717, 1.165) is 0 Å². The number of hydrogen-bond acceptors (Lipinski definition) is 4. The van der Waals surface area contributed by atoms with E-state index in [0.29, 0.717) is 28.4 Å². The summed E-state index contributed by atoms with van der Waals surface area (Å²) in [6.07, 6.45) is 0. The Hall–Kier alpha value is -2.25. The molecule has 0 atom stereocenters. The Morgan fingerprint density at radius 2 is 1.92 bits per heavy atom. The number of nitrogens with one attached hydrogen (secondary N) is 2. The molecule has 0 aliphatic heterocycles. The fraction of sp³-hybridized carbons (Fsp3) is 0.235. The number of rotatable bonds is 6. The molecule has 6 nitrogen and oxygen atoms in total. The minimum Gasteiger partial charge on any atom is -0.495 e. The summed E-state index contributed by atoms with van der Waals surface area (Å²) in [4.78, 5) is 12.1. The van der Waals surface area contributed by atoms with Crippen molar-refractivity contribution in [3.05, 3.63) is 52.5 Å². The standard InChI is InChI=1S/C17H19ClN2O4S/c1-4-19-17(21)14-10-13(7-5-11(14)2)25(22,23)20-15-9-12(18)6-8-16(15)24-3/h5-10,20H,4H2,1-3H3,(H,19,21). The van der Waals surface area contributed by atoms with Crippen LogP contribution in [0.1, 0.15) is 22.8 Å². The molecule has 0 bridgehead atoms. The monoisotopic (exact) mass is 382 g/mol. The Bertz CT molecular complexity index is 898. The lowest BCUT2D eigenvalue weighted by Crippen LogP contribution is -2.24. The first-order valence-corrected chi connectivity index (χ1v) is 9.39. The molecule has 25 heavy (non-hydrogen) atoms. The van der Waals surface area contributed by atoms with E-state index in [-0.39, 0.29) is 16.5 Å². The smallest absolute Gasteiger partial charge is 0.262 e. The maximum Gasteiger partial charge on any atom is 0.262 e. The Labute approximate surface area is 152 Å². The predicted octanol–water partition coefficient (Wildman–Crippen LogP) is 3.21. The molecule has 2 aromatic rings. The van der Waals surface area contributed by atoms with Crippen LogP contribution < -0.4 is 14.8 Å². The Morgan fingerprint density at radius 3 is 2.56 bits per heavy atom. The zero-order valence-electron chi connectivity index (χ0n) is 14.1. The quantitative estimate of drug-likeness (QED) is 0.803. The van der Waals surface area contributed by atoms with Crippen LogP contribution in [-0.4, -0.2) is 28.0 Å². The molecule has 0 saturated carbocycles. The predicted molar refractivity (Wildman–Crippen MR) is 98.0 cm³/mol. The average molecular weight is 383 g/mol. The van der Waals surface area contributed by atoms with E-state index in [1.165, 1.54) is 25.3 Å². The molecule has 0 aliphatic rings. The van der Waals surface area contributed by atoms with Crippen LogP contribution in [0.15, 0.2) is 41.3 Å². The maximum absolute atomic E-state index is 12.7. The molecule has 0 aliphatic carbocycles. The van der Waals surface area contributed by atoms with E-state index in [1.807, 2.05) is 0 Å². The van der Waals surface area contributed by atoms with Crippen molar-refractivity contribution >= 4 is 33.2 Å². The molecule has 134 valence electrons. The van der Waals surface area contributed by atoms with Crippen LogP contribution in [0.5, 0.6) is 5.75 Å². The van der Waals surface area contributed by atoms with Gasteiger partial charge in [0.2, 0.25) is 0 Å². The van der Waals surface area contributed by atoms with Crippen LogP contribution in [0.4, 0.5) is 5.69 Å². The second kappa shape index (κ2) is 7.76. The second-order valence-corrected chi connectivity index (χ2v) is 7.41. The van der Waals surface area contributed by atoms with Gasteiger partial charge in [-0.2, -0.15) is 0 Å². The van der Waals surface area contributed by atoms with Gasteiger partial charge in [-0.1, -0.05) is 17.7 Å². The highest BCUT2D eigenvalue weighted by molar-refractivity contribution is 7.92. The molecular formula is C17H19ClN2O4S. The van der Waals surface area contributed by atoms with Crippen LogP contribution in [0.3, 0.4) is 0 Å². The number of methoxy groups -OCH3 is 1. The second-order valence-electron chi connectivity index (χ2n) is 5.29. The molecule has 2 N–H and O–H groups in total. The number of anilines is 1. The topological polar surface area (TPSA) is 84.5 Å². The molecule has 1 amide bonds. The van der Waals surface area contributed by atoms with E-state index in [4.69, 9.17) is 16.3 Å². The van der Waals surface area contributed by atoms with Gasteiger partial charge in [-0.3, -0.25) is 9.52 Å². The zero-order valence-corrected chi connectivity index (χ0v) is 15.7. The molecule has 2 aromatic carbocycles. The molecule has 0 radical (unpaired) electrons. The highest BCUT2D eigenvalue weighted by Gasteiger charge is 2.19. The van der Waals surface area contributed by atoms with Crippen LogP contribution in [0.2, 0.25) is 5.02 Å². The maximum atomic E-state index is 12.7. The number of ether oxygens (including phenoxy) is 1. The summed E-state index contributed by atoms with van der Waals surface area (Å²) in [6, 6.07) is 9.00. The molecule has 8 heteroatoms. The molecular weight excluding hydrogens is 364 g/mol. The Balaban J connectivity index is 2.42. The molecule has 0 fully saturated rings. The molecule has 0 aromatic heterocycles. The number of halogens is 1. The highest BCUT2D eigenvalue weighted by atomic mass is 35.5. The fourth-order valence-electron chi connectivity index (χ4n) is 2.23. The lowest BCUT2D eigenvalue weighted by molar-refractivity contribution is 0.0955. The largest absolute Gasteiger partial charge is 0.495 e. The third-order valence-electron chi connectivity index (χ3n) is 3.51. The molecule has 0 unspecified atom stereocenters. The van der Waals surface area contributed by atoms with E-state index in [1.54, 1.807) is 32.0 Å². The first kappa shape index (κ1) is 19.1. The molecule has 2 rings (SSSR count). The number of benzene rings is 2. The summed E-state index contributed by atoms with van der Waals surface area (Å²) in [5.74, 6) is 0.0152. The molecule has 0 heterocycles. The lowest BCUT2D eigenvalue weighted by atomic mass is 10.1. The number of carbonyl (C=O) groups excluding carboxylic acids is 1. The van der Waals surface area contributed by atoms with E-state index in [2.05, 4.69) is 10.0 Å². The SMILES string of the molecule is CCNC(=O)c1cc(S(=O)(=O)Nc2cc(Cl)ccc2OC)ccc1C. The van der Waals surface area contributed by atoms with Crippen molar-refractivity contribution < 1.29 is 17.9 Å². The van der Waals surface area contributed by atoms with Crippen LogP contribution in [-0.2, 0) is 10.0 Å². The van der Waals surface area contributed by atoms with Gasteiger partial charge in [-0.15, -0.1) is 0 Å². The number of amides is 1. The van der Waals surface area contributed by atoms with E-state index < -0.39 is 10.0 Å². The van der Waals surface area contributed by atoms with Gasteiger partial charge in [-0.05, 0) is 49.7 Å². The van der Waals surface area contributed by atoms with Crippen LogP contribution in [0, 0.1) is 6.92 Å². The first-order valence-electron chi connectivity index (χ1n) is 7.53. The summed E-state index contributed by atoms with van der Waals surface area (Å²) >= 11 is 5.93. The lowest BCUT2D eigenvalue weighted by Gasteiger charge is -2.13. The van der Waals surface area contributed by atoms with Crippen molar-refractivity contribution in [3.63, 3.8) is 0 Å². The third-order valence-corrected chi connectivity index (χ3v) is 5.11. The minimum absolute atomic E-state index is 0.0265. The van der Waals surface area contributed by atoms with Crippen molar-refractivity contribution in [2.45, 2.75) is 18.7 Å².